The third-order valence-corrected chi connectivity index (χ3v) is 4.64. The molecule has 0 fully saturated rings. The monoisotopic (exact) mass is 420 g/mol. The maximum Gasteiger partial charge on any atom is 0.339 e. The summed E-state index contributed by atoms with van der Waals surface area (Å²) in [6.45, 7) is 1.86. The first-order chi connectivity index (χ1) is 14.4. The van der Waals surface area contributed by atoms with Crippen LogP contribution in [0, 0.1) is 18.3 Å². The van der Waals surface area contributed by atoms with E-state index in [0.717, 1.165) is 5.56 Å². The average Bonchev–Trinajstić information content (AvgIpc) is 3.21. The molecule has 0 saturated heterocycles. The van der Waals surface area contributed by atoms with Crippen molar-refractivity contribution in [3.05, 3.63) is 82.1 Å². The van der Waals surface area contributed by atoms with E-state index in [1.54, 1.807) is 36.4 Å². The van der Waals surface area contributed by atoms with Crippen LogP contribution >= 0.6 is 11.6 Å². The SMILES string of the molecule is COC(=O)c1ccc(-c2ccc(/C=C(/C#N)C(=O)Nc3ccccc3C)o2)cc1Cl. The van der Waals surface area contributed by atoms with Crippen molar-refractivity contribution < 1.29 is 18.7 Å². The molecule has 30 heavy (non-hydrogen) atoms. The highest BCUT2D eigenvalue weighted by Gasteiger charge is 2.15. The van der Waals surface area contributed by atoms with Gasteiger partial charge in [0.1, 0.15) is 23.2 Å². The van der Waals surface area contributed by atoms with Crippen LogP contribution in [-0.4, -0.2) is 19.0 Å². The number of hydrogen-bond donors (Lipinski definition) is 1. The Bertz CT molecular complexity index is 1190. The lowest BCUT2D eigenvalue weighted by Gasteiger charge is -2.06. The molecule has 0 bridgehead atoms. The van der Waals surface area contributed by atoms with E-state index < -0.39 is 11.9 Å². The van der Waals surface area contributed by atoms with Gasteiger partial charge < -0.3 is 14.5 Å². The van der Waals surface area contributed by atoms with Crippen molar-refractivity contribution in [1.29, 1.82) is 5.26 Å². The van der Waals surface area contributed by atoms with E-state index in [1.807, 2.05) is 25.1 Å². The quantitative estimate of drug-likeness (QED) is 0.346. The van der Waals surface area contributed by atoms with E-state index in [4.69, 9.17) is 16.0 Å². The standard InChI is InChI=1S/C23H17ClN2O4/c1-14-5-3-4-6-20(14)26-22(27)16(13-25)11-17-8-10-21(30-17)15-7-9-18(19(24)12-15)23(28)29-2/h3-12H,1-2H3,(H,26,27)/b16-11-. The summed E-state index contributed by atoms with van der Waals surface area (Å²) in [6.07, 6.45) is 1.36. The molecule has 0 aliphatic rings. The summed E-state index contributed by atoms with van der Waals surface area (Å²) >= 11 is 6.15. The van der Waals surface area contributed by atoms with Crippen LogP contribution in [0.2, 0.25) is 5.02 Å². The molecule has 6 nitrogen and oxygen atoms in total. The Balaban J connectivity index is 1.82. The molecule has 3 aromatic rings. The highest BCUT2D eigenvalue weighted by molar-refractivity contribution is 6.33. The number of rotatable bonds is 5. The van der Waals surface area contributed by atoms with Gasteiger partial charge >= 0.3 is 5.97 Å². The van der Waals surface area contributed by atoms with Crippen LogP contribution in [0.25, 0.3) is 17.4 Å². The number of nitrogens with zero attached hydrogens (tertiary/aromatic N) is 1. The minimum Gasteiger partial charge on any atom is -0.465 e. The zero-order chi connectivity index (χ0) is 21.7. The van der Waals surface area contributed by atoms with Crippen molar-refractivity contribution in [3.63, 3.8) is 0 Å². The number of hydrogen-bond acceptors (Lipinski definition) is 5. The fourth-order valence-electron chi connectivity index (χ4n) is 2.72. The molecule has 0 aliphatic heterocycles. The van der Waals surface area contributed by atoms with E-state index >= 15 is 0 Å². The van der Waals surface area contributed by atoms with Crippen LogP contribution in [0.1, 0.15) is 21.7 Å². The molecule has 2 aromatic carbocycles. The van der Waals surface area contributed by atoms with Gasteiger partial charge in [0.2, 0.25) is 0 Å². The number of para-hydroxylation sites is 1. The maximum absolute atomic E-state index is 12.4. The van der Waals surface area contributed by atoms with E-state index in [9.17, 15) is 14.9 Å². The molecular weight excluding hydrogens is 404 g/mol. The summed E-state index contributed by atoms with van der Waals surface area (Å²) in [6, 6.07) is 17.3. The number of anilines is 1. The smallest absolute Gasteiger partial charge is 0.339 e. The summed E-state index contributed by atoms with van der Waals surface area (Å²) in [7, 11) is 1.28. The number of esters is 1. The fourth-order valence-corrected chi connectivity index (χ4v) is 2.98. The molecule has 1 aromatic heterocycles. The number of carbonyl (C=O) groups excluding carboxylic acids is 2. The highest BCUT2D eigenvalue weighted by atomic mass is 35.5. The summed E-state index contributed by atoms with van der Waals surface area (Å²) in [5, 5.41) is 12.3. The summed E-state index contributed by atoms with van der Waals surface area (Å²) < 4.78 is 10.4. The zero-order valence-corrected chi connectivity index (χ0v) is 17.0. The van der Waals surface area contributed by atoms with E-state index in [2.05, 4.69) is 10.1 Å². The number of amides is 1. The number of ether oxygens (including phenoxy) is 1. The number of carbonyl (C=O) groups is 2. The minimum atomic E-state index is -0.534. The van der Waals surface area contributed by atoms with Crippen molar-refractivity contribution in [2.45, 2.75) is 6.92 Å². The molecule has 0 atom stereocenters. The molecule has 1 N–H and O–H groups in total. The second-order valence-electron chi connectivity index (χ2n) is 6.33. The average molecular weight is 421 g/mol. The molecule has 7 heteroatoms. The molecule has 3 rings (SSSR count). The number of halogens is 1. The molecule has 0 radical (unpaired) electrons. The largest absolute Gasteiger partial charge is 0.465 e. The fraction of sp³-hybridized carbons (Fsp3) is 0.0870. The molecule has 1 heterocycles. The topological polar surface area (TPSA) is 92.3 Å². The van der Waals surface area contributed by atoms with Gasteiger partial charge in [0.05, 0.1) is 17.7 Å². The second-order valence-corrected chi connectivity index (χ2v) is 6.73. The second kappa shape index (κ2) is 9.12. The molecular formula is C23H17ClN2O4. The number of nitriles is 1. The van der Waals surface area contributed by atoms with Crippen LogP contribution in [0.5, 0.6) is 0 Å². The maximum atomic E-state index is 12.4. The van der Waals surface area contributed by atoms with Crippen LogP contribution in [0.3, 0.4) is 0 Å². The van der Waals surface area contributed by atoms with Crippen molar-refractivity contribution in [3.8, 4) is 17.4 Å². The first-order valence-corrected chi connectivity index (χ1v) is 9.27. The normalized spacial score (nSPS) is 10.9. The Hall–Kier alpha value is -3.82. The molecule has 0 unspecified atom stereocenters. The molecule has 150 valence electrons. The van der Waals surface area contributed by atoms with E-state index in [-0.39, 0.29) is 16.2 Å². The van der Waals surface area contributed by atoms with Gasteiger partial charge in [-0.05, 0) is 42.8 Å². The predicted octanol–water partition coefficient (Wildman–Crippen LogP) is 5.24. The van der Waals surface area contributed by atoms with Gasteiger partial charge in [-0.15, -0.1) is 0 Å². The van der Waals surface area contributed by atoms with Gasteiger partial charge in [0.15, 0.2) is 0 Å². The Morgan fingerprint density at radius 1 is 1.17 bits per heavy atom. The van der Waals surface area contributed by atoms with E-state index in [1.165, 1.54) is 19.3 Å². The van der Waals surface area contributed by atoms with Crippen molar-refractivity contribution in [1.82, 2.24) is 0 Å². The van der Waals surface area contributed by atoms with Gasteiger partial charge in [-0.2, -0.15) is 5.26 Å². The van der Waals surface area contributed by atoms with Crippen LogP contribution < -0.4 is 5.32 Å². The number of aryl methyl sites for hydroxylation is 1. The Labute approximate surface area is 178 Å². The predicted molar refractivity (Wildman–Crippen MR) is 114 cm³/mol. The number of furan rings is 1. The Morgan fingerprint density at radius 3 is 2.60 bits per heavy atom. The summed E-state index contributed by atoms with van der Waals surface area (Å²) in [4.78, 5) is 24.1. The molecule has 0 saturated carbocycles. The lowest BCUT2D eigenvalue weighted by molar-refractivity contribution is -0.112. The molecule has 1 amide bonds. The Morgan fingerprint density at radius 2 is 1.93 bits per heavy atom. The van der Waals surface area contributed by atoms with Gasteiger partial charge in [-0.25, -0.2) is 4.79 Å². The van der Waals surface area contributed by atoms with Crippen LogP contribution in [0.15, 0.2) is 64.6 Å². The number of nitrogens with one attached hydrogen (secondary N) is 1. The Kier molecular flexibility index (Phi) is 6.35. The van der Waals surface area contributed by atoms with Crippen LogP contribution in [-0.2, 0) is 9.53 Å². The highest BCUT2D eigenvalue weighted by Crippen LogP contribution is 2.28. The number of methoxy groups -OCH3 is 1. The molecule has 0 spiro atoms. The van der Waals surface area contributed by atoms with E-state index in [0.29, 0.717) is 22.8 Å². The zero-order valence-electron chi connectivity index (χ0n) is 16.2. The first kappa shape index (κ1) is 20.9. The lowest BCUT2D eigenvalue weighted by atomic mass is 10.1. The van der Waals surface area contributed by atoms with Gasteiger partial charge in [-0.1, -0.05) is 35.9 Å². The first-order valence-electron chi connectivity index (χ1n) is 8.89. The van der Waals surface area contributed by atoms with Gasteiger partial charge in [0.25, 0.3) is 5.91 Å². The summed E-state index contributed by atoms with van der Waals surface area (Å²) in [5.74, 6) is -0.269. The van der Waals surface area contributed by atoms with Crippen molar-refractivity contribution >= 4 is 35.2 Å². The third-order valence-electron chi connectivity index (χ3n) is 4.33. The molecule has 0 aliphatic carbocycles. The summed E-state index contributed by atoms with van der Waals surface area (Å²) in [5.41, 5.74) is 2.29. The van der Waals surface area contributed by atoms with Crippen molar-refractivity contribution in [2.75, 3.05) is 12.4 Å². The number of benzene rings is 2. The third kappa shape index (κ3) is 4.59. The van der Waals surface area contributed by atoms with Gasteiger partial charge in [0, 0.05) is 17.3 Å². The lowest BCUT2D eigenvalue weighted by Crippen LogP contribution is -2.14. The van der Waals surface area contributed by atoms with Crippen LogP contribution in [0.4, 0.5) is 5.69 Å². The van der Waals surface area contributed by atoms with Gasteiger partial charge in [-0.3, -0.25) is 4.79 Å². The minimum absolute atomic E-state index is 0.0989. The van der Waals surface area contributed by atoms with Crippen molar-refractivity contribution in [2.24, 2.45) is 0 Å².